The molecule has 44 heavy (non-hydrogen) atoms. The van der Waals surface area contributed by atoms with Crippen molar-refractivity contribution in [2.45, 2.75) is 17.6 Å². The van der Waals surface area contributed by atoms with Crippen molar-refractivity contribution in [3.05, 3.63) is 124 Å². The summed E-state index contributed by atoms with van der Waals surface area (Å²) in [6.45, 7) is 0. The monoisotopic (exact) mass is 620 g/mol. The number of thioether (sulfide) groups is 1. The summed E-state index contributed by atoms with van der Waals surface area (Å²) in [7, 11) is 1.62. The lowest BCUT2D eigenvalue weighted by atomic mass is 9.97. The molecule has 3 heterocycles. The molecule has 218 valence electrons. The number of H-pyrrole nitrogens is 1. The van der Waals surface area contributed by atoms with Gasteiger partial charge in [-0.05, 0) is 57.8 Å². The third kappa shape index (κ3) is 5.38. The number of hydrogen-bond acceptors (Lipinski definition) is 7. The zero-order valence-corrected chi connectivity index (χ0v) is 25.1. The quantitative estimate of drug-likeness (QED) is 0.148. The summed E-state index contributed by atoms with van der Waals surface area (Å²) in [6, 6.07) is 27.7. The Labute approximate surface area is 260 Å². The highest BCUT2D eigenvalue weighted by Crippen LogP contribution is 2.36. The van der Waals surface area contributed by atoms with Crippen molar-refractivity contribution >= 4 is 55.7 Å². The molecule has 0 spiro atoms. The van der Waals surface area contributed by atoms with Crippen LogP contribution in [-0.4, -0.2) is 39.5 Å². The number of halogens is 1. The molecule has 0 fully saturated rings. The van der Waals surface area contributed by atoms with Crippen molar-refractivity contribution in [2.75, 3.05) is 12.9 Å². The Balaban J connectivity index is 1.15. The fourth-order valence-corrected chi connectivity index (χ4v) is 7.12. The Kier molecular flexibility index (Phi) is 7.45. The number of aromatic amines is 1. The minimum Gasteiger partial charge on any atom is -0.497 e. The highest BCUT2D eigenvalue weighted by molar-refractivity contribution is 7.99. The van der Waals surface area contributed by atoms with Gasteiger partial charge in [-0.3, -0.25) is 9.59 Å². The number of carbonyl (C=O) groups is 1. The van der Waals surface area contributed by atoms with E-state index in [4.69, 9.17) is 9.84 Å². The molecule has 0 aliphatic carbocycles. The van der Waals surface area contributed by atoms with Gasteiger partial charge in [0.05, 0.1) is 30.0 Å². The number of carbonyl (C=O) groups excluding carboxylic acids is 1. The van der Waals surface area contributed by atoms with Crippen molar-refractivity contribution < 1.29 is 13.9 Å². The maximum atomic E-state index is 13.7. The van der Waals surface area contributed by atoms with Gasteiger partial charge in [-0.2, -0.15) is 5.10 Å². The predicted octanol–water partition coefficient (Wildman–Crippen LogP) is 7.42. The smallest absolute Gasteiger partial charge is 0.260 e. The van der Waals surface area contributed by atoms with E-state index < -0.39 is 0 Å². The third-order valence-corrected chi connectivity index (χ3v) is 9.39. The highest BCUT2D eigenvalue weighted by Gasteiger charge is 2.33. The summed E-state index contributed by atoms with van der Waals surface area (Å²) in [6.07, 6.45) is 0.559. The molecule has 4 aromatic carbocycles. The second-order valence-electron chi connectivity index (χ2n) is 10.3. The zero-order chi connectivity index (χ0) is 30.2. The zero-order valence-electron chi connectivity index (χ0n) is 23.5. The van der Waals surface area contributed by atoms with Crippen LogP contribution in [0.1, 0.15) is 23.6 Å². The first kappa shape index (κ1) is 28.0. The fraction of sp³-hybridized carbons (Fsp3) is 0.118. The number of hydrazone groups is 1. The molecule has 1 aliphatic rings. The third-order valence-electron chi connectivity index (χ3n) is 7.66. The normalized spacial score (nSPS) is 14.7. The standard InChI is InChI=1S/C34H25FN4O3S2/c1-42-26-14-10-22(11-15-26)29-17-28(24-7-6-20-4-2-3-5-23(20)16-24)38-39(29)30(40)19-44-34-36-32(41)31-27(18-43-33(31)37-34)21-8-12-25(35)13-9-21/h2-16,18,29H,17,19H2,1H3,(H,36,37,41). The molecule has 1 unspecified atom stereocenters. The molecule has 7 nitrogen and oxygen atoms in total. The van der Waals surface area contributed by atoms with Gasteiger partial charge in [0.1, 0.15) is 16.4 Å². The van der Waals surface area contributed by atoms with Crippen LogP contribution in [0.25, 0.3) is 32.1 Å². The molecule has 0 radical (unpaired) electrons. The van der Waals surface area contributed by atoms with E-state index in [9.17, 15) is 14.0 Å². The summed E-state index contributed by atoms with van der Waals surface area (Å²) >= 11 is 2.50. The van der Waals surface area contributed by atoms with Gasteiger partial charge < -0.3 is 9.72 Å². The molecule has 1 atom stereocenters. The van der Waals surface area contributed by atoms with Crippen molar-refractivity contribution in [1.29, 1.82) is 0 Å². The van der Waals surface area contributed by atoms with Crippen LogP contribution >= 0.6 is 23.1 Å². The average molecular weight is 621 g/mol. The second kappa shape index (κ2) is 11.7. The molecular weight excluding hydrogens is 596 g/mol. The van der Waals surface area contributed by atoms with E-state index >= 15 is 0 Å². The number of aromatic nitrogens is 2. The van der Waals surface area contributed by atoms with Gasteiger partial charge in [-0.25, -0.2) is 14.4 Å². The fourth-order valence-electron chi connectivity index (χ4n) is 5.40. The minimum atomic E-state index is -0.343. The molecule has 1 aliphatic heterocycles. The van der Waals surface area contributed by atoms with E-state index in [1.54, 1.807) is 24.3 Å². The van der Waals surface area contributed by atoms with Gasteiger partial charge in [-0.15, -0.1) is 11.3 Å². The van der Waals surface area contributed by atoms with Crippen molar-refractivity contribution in [3.8, 4) is 16.9 Å². The number of nitrogens with one attached hydrogen (secondary N) is 1. The van der Waals surface area contributed by atoms with E-state index in [1.165, 1.54) is 23.5 Å². The second-order valence-corrected chi connectivity index (χ2v) is 12.2. The van der Waals surface area contributed by atoms with Gasteiger partial charge in [0.15, 0.2) is 5.16 Å². The van der Waals surface area contributed by atoms with Crippen LogP contribution in [0.3, 0.4) is 0 Å². The molecule has 1 N–H and O–H groups in total. The van der Waals surface area contributed by atoms with Crippen molar-refractivity contribution in [1.82, 2.24) is 15.0 Å². The van der Waals surface area contributed by atoms with Crippen LogP contribution < -0.4 is 10.3 Å². The minimum absolute atomic E-state index is 0.0335. The number of hydrogen-bond donors (Lipinski definition) is 1. The number of amides is 1. The van der Waals surface area contributed by atoms with Crippen LogP contribution in [0.4, 0.5) is 4.39 Å². The summed E-state index contributed by atoms with van der Waals surface area (Å²) in [5.41, 5.74) is 3.87. The van der Waals surface area contributed by atoms with Crippen LogP contribution in [0.15, 0.2) is 111 Å². The summed E-state index contributed by atoms with van der Waals surface area (Å²) < 4.78 is 18.8. The van der Waals surface area contributed by atoms with E-state index in [-0.39, 0.29) is 29.1 Å². The van der Waals surface area contributed by atoms with Gasteiger partial charge in [0.2, 0.25) is 0 Å². The highest BCUT2D eigenvalue weighted by atomic mass is 32.2. The number of nitrogens with zero attached hydrogens (tertiary/aromatic N) is 3. The Bertz CT molecular complexity index is 2110. The Morgan fingerprint density at radius 2 is 1.77 bits per heavy atom. The van der Waals surface area contributed by atoms with Crippen LogP contribution in [0, 0.1) is 5.82 Å². The SMILES string of the molecule is COc1ccc(C2CC(c3ccc4ccccc4c3)=NN2C(=O)CSc2nc3scc(-c4ccc(F)cc4)c3c(=O)[nH]2)cc1. The topological polar surface area (TPSA) is 87.7 Å². The molecule has 0 saturated heterocycles. The molecule has 0 saturated carbocycles. The van der Waals surface area contributed by atoms with E-state index in [0.717, 1.165) is 50.7 Å². The lowest BCUT2D eigenvalue weighted by Crippen LogP contribution is -2.28. The number of methoxy groups -OCH3 is 1. The molecule has 0 bridgehead atoms. The van der Waals surface area contributed by atoms with E-state index in [0.29, 0.717) is 27.4 Å². The van der Waals surface area contributed by atoms with Crippen molar-refractivity contribution in [3.63, 3.8) is 0 Å². The van der Waals surface area contributed by atoms with Crippen molar-refractivity contribution in [2.24, 2.45) is 5.10 Å². The number of rotatable bonds is 7. The summed E-state index contributed by atoms with van der Waals surface area (Å²) in [5, 5.41) is 11.3. The molecule has 6 aromatic rings. The first-order valence-electron chi connectivity index (χ1n) is 13.9. The maximum absolute atomic E-state index is 13.7. The predicted molar refractivity (Wildman–Crippen MR) is 174 cm³/mol. The molecule has 2 aromatic heterocycles. The molecular formula is C34H25FN4O3S2. The van der Waals surface area contributed by atoms with Gasteiger partial charge in [0.25, 0.3) is 11.5 Å². The van der Waals surface area contributed by atoms with Gasteiger partial charge in [-0.1, -0.05) is 72.4 Å². The maximum Gasteiger partial charge on any atom is 0.260 e. The lowest BCUT2D eigenvalue weighted by molar-refractivity contribution is -0.130. The van der Waals surface area contributed by atoms with Crippen LogP contribution in [-0.2, 0) is 4.79 Å². The number of thiophene rings is 1. The van der Waals surface area contributed by atoms with Crippen LogP contribution in [0.2, 0.25) is 0 Å². The van der Waals surface area contributed by atoms with E-state index in [2.05, 4.69) is 34.2 Å². The average Bonchev–Trinajstić information content (AvgIpc) is 3.70. The van der Waals surface area contributed by atoms with E-state index in [1.807, 2.05) is 47.8 Å². The Morgan fingerprint density at radius 3 is 2.55 bits per heavy atom. The first-order chi connectivity index (χ1) is 21.5. The van der Waals surface area contributed by atoms with Gasteiger partial charge in [0, 0.05) is 17.4 Å². The number of ether oxygens (including phenoxy) is 1. The molecule has 10 heteroatoms. The molecule has 1 amide bonds. The Morgan fingerprint density at radius 1 is 1.02 bits per heavy atom. The lowest BCUT2D eigenvalue weighted by Gasteiger charge is -2.22. The van der Waals surface area contributed by atoms with Gasteiger partial charge >= 0.3 is 0 Å². The number of benzene rings is 4. The summed E-state index contributed by atoms with van der Waals surface area (Å²) in [5.74, 6) is 0.223. The molecule has 7 rings (SSSR count). The largest absolute Gasteiger partial charge is 0.497 e. The summed E-state index contributed by atoms with van der Waals surface area (Å²) in [4.78, 5) is 34.8. The van der Waals surface area contributed by atoms with Crippen LogP contribution in [0.5, 0.6) is 5.75 Å². The number of fused-ring (bicyclic) bond motifs is 2. The Hall–Kier alpha value is -4.80. The first-order valence-corrected chi connectivity index (χ1v) is 15.8.